The van der Waals surface area contributed by atoms with Gasteiger partial charge in [-0.25, -0.2) is 9.97 Å². The summed E-state index contributed by atoms with van der Waals surface area (Å²) in [5.41, 5.74) is 1.25. The first-order valence-electron chi connectivity index (χ1n) is 6.42. The van der Waals surface area contributed by atoms with Gasteiger partial charge in [-0.3, -0.25) is 4.90 Å². The average molecular weight is 256 g/mol. The van der Waals surface area contributed by atoms with Gasteiger partial charge >= 0.3 is 0 Å². The van der Waals surface area contributed by atoms with Gasteiger partial charge in [0.2, 0.25) is 5.95 Å². The summed E-state index contributed by atoms with van der Waals surface area (Å²) in [6.07, 6.45) is 3.79. The van der Waals surface area contributed by atoms with Crippen LogP contribution < -0.4 is 4.90 Å². The van der Waals surface area contributed by atoms with Crippen molar-refractivity contribution in [1.29, 1.82) is 0 Å². The van der Waals surface area contributed by atoms with Gasteiger partial charge in [0, 0.05) is 18.9 Å². The monoisotopic (exact) mass is 256 g/mol. The van der Waals surface area contributed by atoms with E-state index >= 15 is 0 Å². The molecule has 0 amide bonds. The van der Waals surface area contributed by atoms with Crippen molar-refractivity contribution in [1.82, 2.24) is 14.9 Å². The third-order valence-corrected chi connectivity index (χ3v) is 3.20. The molecule has 0 aliphatic rings. The van der Waals surface area contributed by atoms with Crippen LogP contribution in [0, 0.1) is 0 Å². The Balaban J connectivity index is 2.25. The van der Waals surface area contributed by atoms with E-state index < -0.39 is 0 Å². The fraction of sp³-hybridized carbons (Fsp3) is 0.333. The summed E-state index contributed by atoms with van der Waals surface area (Å²) in [5, 5.41) is 0. The molecule has 0 aliphatic carbocycles. The molecule has 1 aromatic heterocycles. The van der Waals surface area contributed by atoms with Crippen molar-refractivity contribution in [2.24, 2.45) is 0 Å². The van der Waals surface area contributed by atoms with E-state index in [-0.39, 0.29) is 6.17 Å². The van der Waals surface area contributed by atoms with Crippen molar-refractivity contribution in [2.45, 2.75) is 19.6 Å². The van der Waals surface area contributed by atoms with Gasteiger partial charge in [0.15, 0.2) is 0 Å². The summed E-state index contributed by atoms with van der Waals surface area (Å²) in [7, 11) is 4.12. The molecular formula is C15H20N4. The smallest absolute Gasteiger partial charge is 0.226 e. The molecule has 0 saturated carbocycles. The van der Waals surface area contributed by atoms with Crippen molar-refractivity contribution in [3.63, 3.8) is 0 Å². The minimum Gasteiger partial charge on any atom is -0.321 e. The Morgan fingerprint density at radius 3 is 2.21 bits per heavy atom. The van der Waals surface area contributed by atoms with Gasteiger partial charge in [-0.2, -0.15) is 0 Å². The zero-order valence-corrected chi connectivity index (χ0v) is 11.7. The lowest BCUT2D eigenvalue weighted by molar-refractivity contribution is 0.297. The maximum absolute atomic E-state index is 4.37. The molecule has 0 radical (unpaired) electrons. The van der Waals surface area contributed by atoms with E-state index in [0.717, 1.165) is 12.5 Å². The lowest BCUT2D eigenvalue weighted by Gasteiger charge is -2.33. The molecule has 0 bridgehead atoms. The Hall–Kier alpha value is -1.94. The van der Waals surface area contributed by atoms with Crippen LogP contribution in [0.25, 0.3) is 0 Å². The van der Waals surface area contributed by atoms with Crippen molar-refractivity contribution in [2.75, 3.05) is 19.0 Å². The van der Waals surface area contributed by atoms with Gasteiger partial charge in [0.05, 0.1) is 6.17 Å². The third-order valence-electron chi connectivity index (χ3n) is 3.20. The van der Waals surface area contributed by atoms with Gasteiger partial charge in [-0.1, -0.05) is 30.3 Å². The number of rotatable bonds is 5. The molecule has 0 aliphatic heterocycles. The second-order valence-corrected chi connectivity index (χ2v) is 4.76. The molecule has 4 heteroatoms. The van der Waals surface area contributed by atoms with Crippen LogP contribution in [0.1, 0.15) is 12.5 Å². The zero-order chi connectivity index (χ0) is 13.7. The molecule has 2 rings (SSSR count). The van der Waals surface area contributed by atoms with Gasteiger partial charge < -0.3 is 4.90 Å². The molecule has 2 aromatic rings. The van der Waals surface area contributed by atoms with Gasteiger partial charge in [0.25, 0.3) is 0 Å². The van der Waals surface area contributed by atoms with E-state index in [0.29, 0.717) is 0 Å². The summed E-state index contributed by atoms with van der Waals surface area (Å²) >= 11 is 0. The fourth-order valence-corrected chi connectivity index (χ4v) is 1.87. The Morgan fingerprint density at radius 1 is 1.00 bits per heavy atom. The molecule has 4 nitrogen and oxygen atoms in total. The van der Waals surface area contributed by atoms with Crippen molar-refractivity contribution >= 4 is 5.95 Å². The molecule has 0 saturated heterocycles. The predicted molar refractivity (Wildman–Crippen MR) is 77.8 cm³/mol. The summed E-state index contributed by atoms with van der Waals surface area (Å²) in [5.74, 6) is 0.757. The maximum atomic E-state index is 4.37. The number of hydrogen-bond donors (Lipinski definition) is 0. The molecule has 1 atom stereocenters. The van der Waals surface area contributed by atoms with Crippen LogP contribution in [0.4, 0.5) is 5.95 Å². The first-order valence-corrected chi connectivity index (χ1v) is 6.42. The maximum Gasteiger partial charge on any atom is 0.226 e. The summed E-state index contributed by atoms with van der Waals surface area (Å²) in [6, 6.07) is 12.2. The molecule has 0 fully saturated rings. The SMILES string of the molecule is CC(N(C)C)N(Cc1ccccc1)c1ncccn1. The first-order chi connectivity index (χ1) is 9.18. The molecule has 1 unspecified atom stereocenters. The summed E-state index contributed by atoms with van der Waals surface area (Å²) in [4.78, 5) is 13.1. The van der Waals surface area contributed by atoms with Crippen LogP contribution in [0.5, 0.6) is 0 Å². The van der Waals surface area contributed by atoms with Gasteiger partial charge in [-0.15, -0.1) is 0 Å². The largest absolute Gasteiger partial charge is 0.321 e. The Labute approximate surface area is 114 Å². The standard InChI is InChI=1S/C15H20N4/c1-13(18(2)3)19(15-16-10-7-11-17-15)12-14-8-5-4-6-9-14/h4-11,13H,12H2,1-3H3. The van der Waals surface area contributed by atoms with Crippen LogP contribution in [-0.2, 0) is 6.54 Å². The fourth-order valence-electron chi connectivity index (χ4n) is 1.87. The van der Waals surface area contributed by atoms with Gasteiger partial charge in [-0.05, 0) is 32.6 Å². The predicted octanol–water partition coefficient (Wildman–Crippen LogP) is 2.39. The quantitative estimate of drug-likeness (QED) is 0.769. The van der Waals surface area contributed by atoms with Crippen molar-refractivity contribution < 1.29 is 0 Å². The topological polar surface area (TPSA) is 32.3 Å². The molecule has 19 heavy (non-hydrogen) atoms. The Bertz CT molecular complexity index is 484. The first kappa shape index (κ1) is 13.5. The number of benzene rings is 1. The van der Waals surface area contributed by atoms with Crippen LogP contribution in [0.15, 0.2) is 48.8 Å². The molecule has 100 valence electrons. The van der Waals surface area contributed by atoms with E-state index in [9.17, 15) is 0 Å². The molecule has 0 N–H and O–H groups in total. The van der Waals surface area contributed by atoms with E-state index in [1.54, 1.807) is 12.4 Å². The number of anilines is 1. The molecular weight excluding hydrogens is 236 g/mol. The lowest BCUT2D eigenvalue weighted by Crippen LogP contribution is -2.43. The van der Waals surface area contributed by atoms with Crippen LogP contribution in [-0.4, -0.2) is 35.1 Å². The van der Waals surface area contributed by atoms with E-state index in [1.165, 1.54) is 5.56 Å². The highest BCUT2D eigenvalue weighted by molar-refractivity contribution is 5.32. The molecule has 1 heterocycles. The van der Waals surface area contributed by atoms with E-state index in [2.05, 4.69) is 65.1 Å². The third kappa shape index (κ3) is 3.51. The van der Waals surface area contributed by atoms with Crippen LogP contribution in [0.2, 0.25) is 0 Å². The highest BCUT2D eigenvalue weighted by Crippen LogP contribution is 2.15. The number of hydrogen-bond acceptors (Lipinski definition) is 4. The Kier molecular flexibility index (Phi) is 4.47. The molecule has 1 aromatic carbocycles. The number of nitrogens with zero attached hydrogens (tertiary/aromatic N) is 4. The van der Waals surface area contributed by atoms with E-state index in [4.69, 9.17) is 0 Å². The second-order valence-electron chi connectivity index (χ2n) is 4.76. The van der Waals surface area contributed by atoms with Crippen molar-refractivity contribution in [3.05, 3.63) is 54.4 Å². The average Bonchev–Trinajstić information content (AvgIpc) is 2.46. The normalized spacial score (nSPS) is 12.4. The highest BCUT2D eigenvalue weighted by atomic mass is 15.4. The summed E-state index contributed by atoms with van der Waals surface area (Å²) in [6.45, 7) is 2.95. The zero-order valence-electron chi connectivity index (χ0n) is 11.7. The lowest BCUT2D eigenvalue weighted by atomic mass is 10.2. The summed E-state index contributed by atoms with van der Waals surface area (Å²) < 4.78 is 0. The van der Waals surface area contributed by atoms with Gasteiger partial charge in [0.1, 0.15) is 0 Å². The highest BCUT2D eigenvalue weighted by Gasteiger charge is 2.18. The number of aromatic nitrogens is 2. The Morgan fingerprint density at radius 2 is 1.63 bits per heavy atom. The molecule has 0 spiro atoms. The second kappa shape index (κ2) is 6.29. The van der Waals surface area contributed by atoms with Crippen LogP contribution in [0.3, 0.4) is 0 Å². The van der Waals surface area contributed by atoms with E-state index in [1.807, 2.05) is 12.1 Å². The minimum atomic E-state index is 0.225. The van der Waals surface area contributed by atoms with Crippen molar-refractivity contribution in [3.8, 4) is 0 Å². The minimum absolute atomic E-state index is 0.225. The van der Waals surface area contributed by atoms with Crippen LogP contribution >= 0.6 is 0 Å².